The average Bonchev–Trinajstić information content (AvgIpc) is 3.24. The molecule has 0 aliphatic heterocycles. The summed E-state index contributed by atoms with van der Waals surface area (Å²) in [7, 11) is 0. The van der Waals surface area contributed by atoms with Crippen molar-refractivity contribution >= 4 is 15.9 Å². The molecule has 0 saturated heterocycles. The first kappa shape index (κ1) is 16.9. The number of benzene rings is 1. The summed E-state index contributed by atoms with van der Waals surface area (Å²) in [6, 6.07) is 2.77. The van der Waals surface area contributed by atoms with Crippen molar-refractivity contribution in [3.05, 3.63) is 33.8 Å². The molecule has 0 spiro atoms. The Kier molecular flexibility index (Phi) is 5.42. The second-order valence-corrected chi connectivity index (χ2v) is 7.81. The number of halogens is 3. The average molecular weight is 360 g/mol. The van der Waals surface area contributed by atoms with Crippen LogP contribution in [0.1, 0.15) is 39.2 Å². The van der Waals surface area contributed by atoms with Crippen molar-refractivity contribution in [3.63, 3.8) is 0 Å². The lowest BCUT2D eigenvalue weighted by atomic mass is 9.78. The second kappa shape index (κ2) is 6.74. The Morgan fingerprint density at radius 1 is 1.33 bits per heavy atom. The molecule has 0 aromatic heterocycles. The van der Waals surface area contributed by atoms with Gasteiger partial charge in [0.15, 0.2) is 0 Å². The number of rotatable bonds is 7. The van der Waals surface area contributed by atoms with Crippen LogP contribution in [0.3, 0.4) is 0 Å². The number of hydrogen-bond acceptors (Lipinski definition) is 1. The lowest BCUT2D eigenvalue weighted by molar-refractivity contribution is 0.246. The minimum atomic E-state index is -0.453. The van der Waals surface area contributed by atoms with Gasteiger partial charge in [-0.3, -0.25) is 0 Å². The van der Waals surface area contributed by atoms with Gasteiger partial charge in [-0.25, -0.2) is 8.78 Å². The highest BCUT2D eigenvalue weighted by Crippen LogP contribution is 2.47. The summed E-state index contributed by atoms with van der Waals surface area (Å²) in [5, 5.41) is 3.46. The Balaban J connectivity index is 2.14. The standard InChI is InChI=1S/C17H24BrF2N/c1-11(2)9-21-10-17(3,12-4-5-12)8-13-15(19)7-6-14(18)16(13)20/h6-7,11-12,21H,4-5,8-10H2,1-3H3. The highest BCUT2D eigenvalue weighted by Gasteiger charge is 2.42. The van der Waals surface area contributed by atoms with Crippen LogP contribution in [0.2, 0.25) is 0 Å². The zero-order valence-corrected chi connectivity index (χ0v) is 14.6. The van der Waals surface area contributed by atoms with E-state index in [9.17, 15) is 8.78 Å². The monoisotopic (exact) mass is 359 g/mol. The van der Waals surface area contributed by atoms with Crippen LogP contribution in [0, 0.1) is 28.9 Å². The highest BCUT2D eigenvalue weighted by atomic mass is 79.9. The van der Waals surface area contributed by atoms with E-state index in [1.807, 2.05) is 0 Å². The fraction of sp³-hybridized carbons (Fsp3) is 0.647. The van der Waals surface area contributed by atoms with Crippen LogP contribution in [0.25, 0.3) is 0 Å². The summed E-state index contributed by atoms with van der Waals surface area (Å²) in [6.45, 7) is 8.22. The molecule has 1 aliphatic carbocycles. The topological polar surface area (TPSA) is 12.0 Å². The van der Waals surface area contributed by atoms with Crippen LogP contribution in [0.15, 0.2) is 16.6 Å². The van der Waals surface area contributed by atoms with Crippen molar-refractivity contribution in [1.29, 1.82) is 0 Å². The molecule has 2 rings (SSSR count). The van der Waals surface area contributed by atoms with Crippen LogP contribution < -0.4 is 5.32 Å². The van der Waals surface area contributed by atoms with Gasteiger partial charge >= 0.3 is 0 Å². The summed E-state index contributed by atoms with van der Waals surface area (Å²) < 4.78 is 28.6. The SMILES string of the molecule is CC(C)CNCC(C)(Cc1c(F)ccc(Br)c1F)C1CC1. The molecule has 1 nitrogen and oxygen atoms in total. The molecule has 0 amide bonds. The Bertz CT molecular complexity index is 500. The molecule has 1 saturated carbocycles. The van der Waals surface area contributed by atoms with Gasteiger partial charge in [0.05, 0.1) is 4.47 Å². The molecule has 1 aromatic rings. The van der Waals surface area contributed by atoms with Crippen molar-refractivity contribution in [2.24, 2.45) is 17.3 Å². The second-order valence-electron chi connectivity index (χ2n) is 6.95. The first-order chi connectivity index (χ1) is 9.83. The third kappa shape index (κ3) is 4.26. The van der Waals surface area contributed by atoms with Gasteiger partial charge in [0.25, 0.3) is 0 Å². The summed E-state index contributed by atoms with van der Waals surface area (Å²) in [4.78, 5) is 0. The first-order valence-electron chi connectivity index (χ1n) is 7.66. The van der Waals surface area contributed by atoms with E-state index in [0.717, 1.165) is 25.9 Å². The Morgan fingerprint density at radius 3 is 2.57 bits per heavy atom. The zero-order valence-electron chi connectivity index (χ0n) is 13.0. The molecular formula is C17H24BrF2N. The van der Waals surface area contributed by atoms with Gasteiger partial charge in [-0.2, -0.15) is 0 Å². The fourth-order valence-corrected chi connectivity index (χ4v) is 3.28. The summed E-state index contributed by atoms with van der Waals surface area (Å²) in [5.41, 5.74) is 0.127. The molecule has 0 heterocycles. The van der Waals surface area contributed by atoms with E-state index in [1.165, 1.54) is 12.1 Å². The van der Waals surface area contributed by atoms with E-state index in [0.29, 0.717) is 22.7 Å². The highest BCUT2D eigenvalue weighted by molar-refractivity contribution is 9.10. The molecule has 0 radical (unpaired) electrons. The molecule has 118 valence electrons. The molecule has 1 aromatic carbocycles. The summed E-state index contributed by atoms with van der Waals surface area (Å²) in [5.74, 6) is 0.250. The quantitative estimate of drug-likeness (QED) is 0.680. The van der Waals surface area contributed by atoms with Crippen LogP contribution in [-0.2, 0) is 6.42 Å². The van der Waals surface area contributed by atoms with Crippen LogP contribution >= 0.6 is 15.9 Å². The zero-order chi connectivity index (χ0) is 15.6. The van der Waals surface area contributed by atoms with E-state index < -0.39 is 11.6 Å². The Hall–Kier alpha value is -0.480. The van der Waals surface area contributed by atoms with Crippen molar-refractivity contribution in [2.45, 2.75) is 40.0 Å². The largest absolute Gasteiger partial charge is 0.316 e. The maximum absolute atomic E-state index is 14.2. The number of nitrogens with one attached hydrogen (secondary N) is 1. The molecule has 1 unspecified atom stereocenters. The van der Waals surface area contributed by atoms with Crippen LogP contribution in [-0.4, -0.2) is 13.1 Å². The van der Waals surface area contributed by atoms with Crippen molar-refractivity contribution in [1.82, 2.24) is 5.32 Å². The maximum atomic E-state index is 14.2. The Morgan fingerprint density at radius 2 is 2.00 bits per heavy atom. The van der Waals surface area contributed by atoms with E-state index in [1.54, 1.807) is 0 Å². The van der Waals surface area contributed by atoms with Crippen LogP contribution in [0.5, 0.6) is 0 Å². The van der Waals surface area contributed by atoms with Crippen molar-refractivity contribution < 1.29 is 8.78 Å². The van der Waals surface area contributed by atoms with E-state index in [-0.39, 0.29) is 11.0 Å². The van der Waals surface area contributed by atoms with E-state index in [2.05, 4.69) is 42.0 Å². The number of hydrogen-bond donors (Lipinski definition) is 1. The fourth-order valence-electron chi connectivity index (χ4n) is 2.91. The minimum Gasteiger partial charge on any atom is -0.316 e. The molecule has 21 heavy (non-hydrogen) atoms. The van der Waals surface area contributed by atoms with Gasteiger partial charge in [0.1, 0.15) is 11.6 Å². The molecular weight excluding hydrogens is 336 g/mol. The van der Waals surface area contributed by atoms with Gasteiger partial charge in [-0.1, -0.05) is 20.8 Å². The van der Waals surface area contributed by atoms with E-state index in [4.69, 9.17) is 0 Å². The van der Waals surface area contributed by atoms with E-state index >= 15 is 0 Å². The third-order valence-electron chi connectivity index (χ3n) is 4.36. The third-order valence-corrected chi connectivity index (χ3v) is 4.98. The van der Waals surface area contributed by atoms with Gasteiger partial charge in [0.2, 0.25) is 0 Å². The Labute approximate surface area is 134 Å². The smallest absolute Gasteiger partial charge is 0.143 e. The maximum Gasteiger partial charge on any atom is 0.143 e. The molecule has 1 N–H and O–H groups in total. The van der Waals surface area contributed by atoms with Gasteiger partial charge < -0.3 is 5.32 Å². The predicted molar refractivity (Wildman–Crippen MR) is 86.3 cm³/mol. The molecule has 0 bridgehead atoms. The lowest BCUT2D eigenvalue weighted by Gasteiger charge is -2.31. The normalized spacial score (nSPS) is 18.0. The predicted octanol–water partition coefficient (Wildman–Crippen LogP) is 4.93. The van der Waals surface area contributed by atoms with Gasteiger partial charge in [-0.05, 0) is 71.1 Å². The van der Waals surface area contributed by atoms with Crippen molar-refractivity contribution in [2.75, 3.05) is 13.1 Å². The molecule has 1 aliphatic rings. The van der Waals surface area contributed by atoms with Gasteiger partial charge in [-0.15, -0.1) is 0 Å². The molecule has 1 fully saturated rings. The summed E-state index contributed by atoms with van der Waals surface area (Å²) >= 11 is 3.15. The molecule has 4 heteroatoms. The summed E-state index contributed by atoms with van der Waals surface area (Å²) in [6.07, 6.45) is 2.77. The van der Waals surface area contributed by atoms with Crippen LogP contribution in [0.4, 0.5) is 8.78 Å². The molecule has 1 atom stereocenters. The first-order valence-corrected chi connectivity index (χ1v) is 8.46. The lowest BCUT2D eigenvalue weighted by Crippen LogP contribution is -2.37. The minimum absolute atomic E-state index is 0.0859. The van der Waals surface area contributed by atoms with Gasteiger partial charge in [0, 0.05) is 12.1 Å². The van der Waals surface area contributed by atoms with Crippen molar-refractivity contribution in [3.8, 4) is 0 Å².